The molecule has 0 saturated carbocycles. The Morgan fingerprint density at radius 3 is 2.94 bits per heavy atom. The van der Waals surface area contributed by atoms with Crippen molar-refractivity contribution < 1.29 is 4.74 Å². The zero-order valence-corrected chi connectivity index (χ0v) is 9.60. The molecule has 1 atom stereocenters. The Morgan fingerprint density at radius 2 is 2.12 bits per heavy atom. The number of aromatic nitrogens is 2. The molecule has 1 aromatic carbocycles. The number of rotatable bonds is 3. The summed E-state index contributed by atoms with van der Waals surface area (Å²) < 4.78 is 5.35. The van der Waals surface area contributed by atoms with Crippen LogP contribution in [0.5, 0.6) is 0 Å². The minimum Gasteiger partial charge on any atom is -0.385 e. The van der Waals surface area contributed by atoms with Crippen LogP contribution in [0, 0.1) is 5.92 Å². The van der Waals surface area contributed by atoms with E-state index in [1.165, 1.54) is 0 Å². The average molecular weight is 229 g/mol. The molecule has 1 fully saturated rings. The summed E-state index contributed by atoms with van der Waals surface area (Å²) in [6, 6.07) is 6.08. The molecule has 1 N–H and O–H groups in total. The molecule has 1 aromatic heterocycles. The van der Waals surface area contributed by atoms with Crippen LogP contribution in [0.2, 0.25) is 0 Å². The van der Waals surface area contributed by atoms with Gasteiger partial charge >= 0.3 is 0 Å². The van der Waals surface area contributed by atoms with Crippen molar-refractivity contribution in [2.24, 2.45) is 5.92 Å². The minimum absolute atomic E-state index is 0.632. The largest absolute Gasteiger partial charge is 0.385 e. The lowest BCUT2D eigenvalue weighted by atomic mass is 10.1. The molecule has 2 aromatic rings. The Labute approximate surface area is 100 Å². The maximum atomic E-state index is 5.35. The van der Waals surface area contributed by atoms with Gasteiger partial charge in [0.05, 0.1) is 17.6 Å². The Morgan fingerprint density at radius 1 is 1.24 bits per heavy atom. The molecule has 1 aliphatic rings. The van der Waals surface area contributed by atoms with Crippen molar-refractivity contribution in [2.75, 3.05) is 25.1 Å². The summed E-state index contributed by atoms with van der Waals surface area (Å²) in [7, 11) is 0. The third kappa shape index (κ3) is 2.36. The second kappa shape index (κ2) is 4.67. The fraction of sp³-hybridized carbons (Fsp3) is 0.385. The van der Waals surface area contributed by atoms with Crippen LogP contribution in [0.3, 0.4) is 0 Å². The third-order valence-corrected chi connectivity index (χ3v) is 3.09. The molecule has 1 saturated heterocycles. The highest BCUT2D eigenvalue weighted by atomic mass is 16.5. The van der Waals surface area contributed by atoms with E-state index in [9.17, 15) is 0 Å². The summed E-state index contributed by atoms with van der Waals surface area (Å²) >= 11 is 0. The SMILES string of the molecule is c1cnc2cc(NC[C@H]3CCOC3)ccc2n1. The van der Waals surface area contributed by atoms with E-state index < -0.39 is 0 Å². The fourth-order valence-electron chi connectivity index (χ4n) is 2.08. The van der Waals surface area contributed by atoms with E-state index in [1.807, 2.05) is 18.2 Å². The lowest BCUT2D eigenvalue weighted by molar-refractivity contribution is 0.187. The van der Waals surface area contributed by atoms with Crippen molar-refractivity contribution in [3.63, 3.8) is 0 Å². The van der Waals surface area contributed by atoms with Gasteiger partial charge in [0.15, 0.2) is 0 Å². The molecule has 0 spiro atoms. The summed E-state index contributed by atoms with van der Waals surface area (Å²) in [4.78, 5) is 8.54. The Hall–Kier alpha value is -1.68. The first-order valence-electron chi connectivity index (χ1n) is 5.94. The summed E-state index contributed by atoms with van der Waals surface area (Å²) in [5.41, 5.74) is 2.97. The third-order valence-electron chi connectivity index (χ3n) is 3.09. The Balaban J connectivity index is 1.72. The molecule has 4 heteroatoms. The van der Waals surface area contributed by atoms with E-state index in [0.29, 0.717) is 5.92 Å². The lowest BCUT2D eigenvalue weighted by Crippen LogP contribution is -2.13. The van der Waals surface area contributed by atoms with Crippen LogP contribution in [0.15, 0.2) is 30.6 Å². The van der Waals surface area contributed by atoms with Crippen molar-refractivity contribution in [2.45, 2.75) is 6.42 Å². The van der Waals surface area contributed by atoms with Crippen LogP contribution in [0.4, 0.5) is 5.69 Å². The standard InChI is InChI=1S/C13H15N3O/c1-2-12-13(15-5-4-14-12)7-11(1)16-8-10-3-6-17-9-10/h1-2,4-5,7,10,16H,3,6,8-9H2/t10-/m1/s1. The zero-order chi connectivity index (χ0) is 11.5. The van der Waals surface area contributed by atoms with E-state index in [0.717, 1.165) is 42.9 Å². The number of ether oxygens (including phenoxy) is 1. The van der Waals surface area contributed by atoms with Gasteiger partial charge in [0.2, 0.25) is 0 Å². The molecule has 0 amide bonds. The molecule has 0 bridgehead atoms. The van der Waals surface area contributed by atoms with Gasteiger partial charge < -0.3 is 10.1 Å². The van der Waals surface area contributed by atoms with Crippen molar-refractivity contribution in [3.8, 4) is 0 Å². The molecule has 0 aliphatic carbocycles. The number of hydrogen-bond donors (Lipinski definition) is 1. The molecule has 0 unspecified atom stereocenters. The predicted molar refractivity (Wildman–Crippen MR) is 67.0 cm³/mol. The van der Waals surface area contributed by atoms with Gasteiger partial charge in [-0.3, -0.25) is 9.97 Å². The normalized spacial score (nSPS) is 19.6. The van der Waals surface area contributed by atoms with Crippen LogP contribution in [-0.4, -0.2) is 29.7 Å². The highest BCUT2D eigenvalue weighted by Crippen LogP contribution is 2.17. The Kier molecular flexibility index (Phi) is 2.88. The Bertz CT molecular complexity index is 509. The van der Waals surface area contributed by atoms with E-state index >= 15 is 0 Å². The zero-order valence-electron chi connectivity index (χ0n) is 9.60. The van der Waals surface area contributed by atoms with E-state index in [1.54, 1.807) is 12.4 Å². The first-order chi connectivity index (χ1) is 8.42. The number of nitrogens with zero attached hydrogens (tertiary/aromatic N) is 2. The van der Waals surface area contributed by atoms with Crippen molar-refractivity contribution in [3.05, 3.63) is 30.6 Å². The molecular weight excluding hydrogens is 214 g/mol. The average Bonchev–Trinajstić information content (AvgIpc) is 2.89. The molecule has 2 heterocycles. The van der Waals surface area contributed by atoms with Gasteiger partial charge in [-0.1, -0.05) is 0 Å². The first kappa shape index (κ1) is 10.5. The summed E-state index contributed by atoms with van der Waals surface area (Å²) in [5.74, 6) is 0.632. The number of nitrogens with one attached hydrogen (secondary N) is 1. The van der Waals surface area contributed by atoms with Crippen LogP contribution < -0.4 is 5.32 Å². The monoisotopic (exact) mass is 229 g/mol. The van der Waals surface area contributed by atoms with Gasteiger partial charge in [0.1, 0.15) is 0 Å². The van der Waals surface area contributed by atoms with E-state index in [2.05, 4.69) is 15.3 Å². The van der Waals surface area contributed by atoms with Gasteiger partial charge in [-0.15, -0.1) is 0 Å². The van der Waals surface area contributed by atoms with E-state index in [-0.39, 0.29) is 0 Å². The molecule has 17 heavy (non-hydrogen) atoms. The number of hydrogen-bond acceptors (Lipinski definition) is 4. The summed E-state index contributed by atoms with van der Waals surface area (Å²) in [5, 5.41) is 3.43. The van der Waals surface area contributed by atoms with Gasteiger partial charge in [0.25, 0.3) is 0 Å². The summed E-state index contributed by atoms with van der Waals surface area (Å²) in [6.45, 7) is 2.74. The smallest absolute Gasteiger partial charge is 0.0907 e. The molecule has 4 nitrogen and oxygen atoms in total. The quantitative estimate of drug-likeness (QED) is 0.875. The van der Waals surface area contributed by atoms with Gasteiger partial charge in [0, 0.05) is 37.2 Å². The topological polar surface area (TPSA) is 47.0 Å². The first-order valence-corrected chi connectivity index (χ1v) is 5.94. The van der Waals surface area contributed by atoms with Gasteiger partial charge in [-0.05, 0) is 24.6 Å². The molecule has 1 aliphatic heterocycles. The predicted octanol–water partition coefficient (Wildman–Crippen LogP) is 2.08. The van der Waals surface area contributed by atoms with Crippen LogP contribution in [0.25, 0.3) is 11.0 Å². The maximum absolute atomic E-state index is 5.35. The number of fused-ring (bicyclic) bond motifs is 1. The van der Waals surface area contributed by atoms with Crippen molar-refractivity contribution in [1.29, 1.82) is 0 Å². The lowest BCUT2D eigenvalue weighted by Gasteiger charge is -2.10. The van der Waals surface area contributed by atoms with Crippen molar-refractivity contribution >= 4 is 16.7 Å². The van der Waals surface area contributed by atoms with Crippen LogP contribution >= 0.6 is 0 Å². The highest BCUT2D eigenvalue weighted by molar-refractivity contribution is 5.78. The highest BCUT2D eigenvalue weighted by Gasteiger charge is 2.14. The second-order valence-electron chi connectivity index (χ2n) is 4.37. The van der Waals surface area contributed by atoms with Crippen LogP contribution in [-0.2, 0) is 4.74 Å². The molecule has 0 radical (unpaired) electrons. The fourth-order valence-corrected chi connectivity index (χ4v) is 2.08. The second-order valence-corrected chi connectivity index (χ2v) is 4.37. The van der Waals surface area contributed by atoms with Gasteiger partial charge in [-0.2, -0.15) is 0 Å². The molecule has 88 valence electrons. The van der Waals surface area contributed by atoms with Gasteiger partial charge in [-0.25, -0.2) is 0 Å². The number of anilines is 1. The molecule has 3 rings (SSSR count). The summed E-state index contributed by atoms with van der Waals surface area (Å²) in [6.07, 6.45) is 4.59. The van der Waals surface area contributed by atoms with Crippen LogP contribution in [0.1, 0.15) is 6.42 Å². The minimum atomic E-state index is 0.632. The molecular formula is C13H15N3O. The van der Waals surface area contributed by atoms with Crippen molar-refractivity contribution in [1.82, 2.24) is 9.97 Å². The maximum Gasteiger partial charge on any atom is 0.0907 e. The van der Waals surface area contributed by atoms with E-state index in [4.69, 9.17) is 4.74 Å². The number of benzene rings is 1.